The normalized spacial score (nSPS) is 10.1. The van der Waals surface area contributed by atoms with Gasteiger partial charge < -0.3 is 5.32 Å². The van der Waals surface area contributed by atoms with Crippen molar-refractivity contribution >= 4 is 5.91 Å². The van der Waals surface area contributed by atoms with Crippen molar-refractivity contribution in [2.75, 3.05) is 7.05 Å². The number of nitrogens with zero attached hydrogens (tertiary/aromatic N) is 3. The van der Waals surface area contributed by atoms with Gasteiger partial charge in [-0.15, -0.1) is 5.10 Å². The summed E-state index contributed by atoms with van der Waals surface area (Å²) in [4.78, 5) is 15.2. The first-order valence-corrected chi connectivity index (χ1v) is 4.91. The van der Waals surface area contributed by atoms with E-state index >= 15 is 0 Å². The number of aryl methyl sites for hydroxylation is 1. The molecule has 0 spiro atoms. The lowest BCUT2D eigenvalue weighted by Crippen LogP contribution is -2.19. The molecule has 0 bridgehead atoms. The molecule has 0 aliphatic heterocycles. The summed E-state index contributed by atoms with van der Waals surface area (Å²) in [6.45, 7) is 2.01. The molecule has 5 heteroatoms. The second-order valence-electron chi connectivity index (χ2n) is 3.43. The molecule has 1 heterocycles. The van der Waals surface area contributed by atoms with Crippen LogP contribution in [0.1, 0.15) is 16.2 Å². The number of rotatable bonds is 2. The van der Waals surface area contributed by atoms with E-state index in [0.29, 0.717) is 0 Å². The third-order valence-corrected chi connectivity index (χ3v) is 2.22. The molecule has 0 saturated heterocycles. The molecule has 5 nitrogen and oxygen atoms in total. The van der Waals surface area contributed by atoms with Crippen LogP contribution in [-0.4, -0.2) is 27.7 Å². The average molecular weight is 216 g/mol. The number of amides is 1. The Morgan fingerprint density at radius 2 is 2.00 bits per heavy atom. The van der Waals surface area contributed by atoms with E-state index in [9.17, 15) is 4.79 Å². The Morgan fingerprint density at radius 3 is 2.62 bits per heavy atom. The van der Waals surface area contributed by atoms with Crippen LogP contribution >= 0.6 is 0 Å². The molecule has 1 aromatic carbocycles. The van der Waals surface area contributed by atoms with Crippen LogP contribution in [0.15, 0.2) is 30.6 Å². The van der Waals surface area contributed by atoms with E-state index in [0.717, 1.165) is 5.69 Å². The summed E-state index contributed by atoms with van der Waals surface area (Å²) < 4.78 is 1.57. The standard InChI is InChI=1S/C11H12N4O/c1-8-3-5-9(6-4-8)15-7-13-10(14-15)11(16)12-2/h3-7H,1-2H3,(H,12,16). The molecule has 16 heavy (non-hydrogen) atoms. The number of aromatic nitrogens is 3. The van der Waals surface area contributed by atoms with Crippen LogP contribution in [0.4, 0.5) is 0 Å². The highest BCUT2D eigenvalue weighted by Crippen LogP contribution is 2.07. The molecule has 82 valence electrons. The van der Waals surface area contributed by atoms with Crippen molar-refractivity contribution in [2.24, 2.45) is 0 Å². The van der Waals surface area contributed by atoms with Gasteiger partial charge in [-0.3, -0.25) is 4.79 Å². The van der Waals surface area contributed by atoms with E-state index in [1.54, 1.807) is 11.7 Å². The second-order valence-corrected chi connectivity index (χ2v) is 3.43. The molecule has 0 fully saturated rings. The van der Waals surface area contributed by atoms with Crippen LogP contribution in [0.2, 0.25) is 0 Å². The summed E-state index contributed by atoms with van der Waals surface area (Å²) in [5.74, 6) is -0.117. The average Bonchev–Trinajstić information content (AvgIpc) is 2.78. The van der Waals surface area contributed by atoms with Crippen LogP contribution in [0.5, 0.6) is 0 Å². The smallest absolute Gasteiger partial charge is 0.290 e. The van der Waals surface area contributed by atoms with Gasteiger partial charge >= 0.3 is 0 Å². The molecule has 2 rings (SSSR count). The summed E-state index contributed by atoms with van der Waals surface area (Å²) in [5.41, 5.74) is 2.06. The predicted molar refractivity (Wildman–Crippen MR) is 59.5 cm³/mol. The molecule has 0 atom stereocenters. The Hall–Kier alpha value is -2.17. The first-order chi connectivity index (χ1) is 7.70. The topological polar surface area (TPSA) is 59.8 Å². The Balaban J connectivity index is 2.31. The van der Waals surface area contributed by atoms with Crippen LogP contribution in [0, 0.1) is 6.92 Å². The molecule has 0 aliphatic rings. The molecule has 1 aromatic heterocycles. The van der Waals surface area contributed by atoms with Crippen LogP contribution in [0.25, 0.3) is 5.69 Å². The highest BCUT2D eigenvalue weighted by atomic mass is 16.2. The SMILES string of the molecule is CNC(=O)c1ncn(-c2ccc(C)cc2)n1. The molecule has 0 unspecified atom stereocenters. The van der Waals surface area contributed by atoms with Gasteiger partial charge in [-0.25, -0.2) is 9.67 Å². The maximum Gasteiger partial charge on any atom is 0.290 e. The Labute approximate surface area is 93.1 Å². The molecule has 1 N–H and O–H groups in total. The van der Waals surface area contributed by atoms with E-state index in [1.807, 2.05) is 31.2 Å². The lowest BCUT2D eigenvalue weighted by Gasteiger charge is -1.99. The zero-order chi connectivity index (χ0) is 11.5. The number of nitrogens with one attached hydrogen (secondary N) is 1. The maximum absolute atomic E-state index is 11.3. The van der Waals surface area contributed by atoms with E-state index in [1.165, 1.54) is 11.9 Å². The minimum atomic E-state index is -0.286. The molecule has 0 saturated carbocycles. The van der Waals surface area contributed by atoms with Gasteiger partial charge in [0.05, 0.1) is 5.69 Å². The Bertz CT molecular complexity index is 501. The minimum absolute atomic E-state index is 0.170. The predicted octanol–water partition coefficient (Wildman–Crippen LogP) is 0.935. The molecule has 1 amide bonds. The second kappa shape index (κ2) is 4.14. The van der Waals surface area contributed by atoms with Gasteiger partial charge in [-0.1, -0.05) is 17.7 Å². The highest BCUT2D eigenvalue weighted by molar-refractivity contribution is 5.89. The Kier molecular flexibility index (Phi) is 2.68. The molecule has 2 aromatic rings. The molecular formula is C11H12N4O. The van der Waals surface area contributed by atoms with Crippen molar-refractivity contribution in [2.45, 2.75) is 6.92 Å². The largest absolute Gasteiger partial charge is 0.352 e. The van der Waals surface area contributed by atoms with Crippen molar-refractivity contribution in [3.8, 4) is 5.69 Å². The van der Waals surface area contributed by atoms with Gasteiger partial charge in [-0.2, -0.15) is 0 Å². The number of carbonyl (C=O) groups is 1. The summed E-state index contributed by atoms with van der Waals surface area (Å²) >= 11 is 0. The summed E-state index contributed by atoms with van der Waals surface area (Å²) in [5, 5.41) is 6.55. The zero-order valence-corrected chi connectivity index (χ0v) is 9.14. The summed E-state index contributed by atoms with van der Waals surface area (Å²) in [6.07, 6.45) is 1.52. The lowest BCUT2D eigenvalue weighted by atomic mass is 10.2. The van der Waals surface area contributed by atoms with E-state index < -0.39 is 0 Å². The first-order valence-electron chi connectivity index (χ1n) is 4.91. The number of benzene rings is 1. The van der Waals surface area contributed by atoms with Crippen molar-refractivity contribution in [3.05, 3.63) is 42.0 Å². The maximum atomic E-state index is 11.3. The molecular weight excluding hydrogens is 204 g/mol. The van der Waals surface area contributed by atoms with E-state index in [4.69, 9.17) is 0 Å². The van der Waals surface area contributed by atoms with E-state index in [2.05, 4.69) is 15.4 Å². The monoisotopic (exact) mass is 216 g/mol. The van der Waals surface area contributed by atoms with Crippen molar-refractivity contribution < 1.29 is 4.79 Å². The van der Waals surface area contributed by atoms with Gasteiger partial charge in [0.1, 0.15) is 6.33 Å². The first kappa shape index (κ1) is 10.4. The number of hydrogen-bond donors (Lipinski definition) is 1. The summed E-state index contributed by atoms with van der Waals surface area (Å²) in [7, 11) is 1.55. The summed E-state index contributed by atoms with van der Waals surface area (Å²) in [6, 6.07) is 7.82. The number of hydrogen-bond acceptors (Lipinski definition) is 3. The van der Waals surface area contributed by atoms with Gasteiger partial charge in [0, 0.05) is 7.05 Å². The van der Waals surface area contributed by atoms with Crippen molar-refractivity contribution in [3.63, 3.8) is 0 Å². The van der Waals surface area contributed by atoms with E-state index in [-0.39, 0.29) is 11.7 Å². The minimum Gasteiger partial charge on any atom is -0.352 e. The fourth-order valence-electron chi connectivity index (χ4n) is 1.30. The third-order valence-electron chi connectivity index (χ3n) is 2.22. The van der Waals surface area contributed by atoms with Gasteiger partial charge in [0.25, 0.3) is 5.91 Å². The fraction of sp³-hybridized carbons (Fsp3) is 0.182. The zero-order valence-electron chi connectivity index (χ0n) is 9.14. The highest BCUT2D eigenvalue weighted by Gasteiger charge is 2.09. The Morgan fingerprint density at radius 1 is 1.31 bits per heavy atom. The van der Waals surface area contributed by atoms with Gasteiger partial charge in [0.15, 0.2) is 0 Å². The van der Waals surface area contributed by atoms with Crippen molar-refractivity contribution in [1.29, 1.82) is 0 Å². The van der Waals surface area contributed by atoms with Crippen LogP contribution in [0.3, 0.4) is 0 Å². The fourth-order valence-corrected chi connectivity index (χ4v) is 1.30. The van der Waals surface area contributed by atoms with Crippen LogP contribution < -0.4 is 5.32 Å². The third kappa shape index (κ3) is 1.93. The molecule has 0 aliphatic carbocycles. The molecule has 0 radical (unpaired) electrons. The lowest BCUT2D eigenvalue weighted by molar-refractivity contribution is 0.0953. The number of carbonyl (C=O) groups excluding carboxylic acids is 1. The van der Waals surface area contributed by atoms with Gasteiger partial charge in [0.2, 0.25) is 5.82 Å². The van der Waals surface area contributed by atoms with Crippen LogP contribution in [-0.2, 0) is 0 Å². The quantitative estimate of drug-likeness (QED) is 0.812. The van der Waals surface area contributed by atoms with Gasteiger partial charge in [-0.05, 0) is 19.1 Å². The van der Waals surface area contributed by atoms with Crippen molar-refractivity contribution in [1.82, 2.24) is 20.1 Å².